The molecule has 136 valence electrons. The summed E-state index contributed by atoms with van der Waals surface area (Å²) in [6, 6.07) is 15.0. The Balaban J connectivity index is 2.61. The van der Waals surface area contributed by atoms with Gasteiger partial charge in [-0.2, -0.15) is 0 Å². The number of alkyl halides is 1. The molecule has 0 saturated heterocycles. The minimum atomic E-state index is -3.22. The number of ether oxygens (including phenoxy) is 1. The second kappa shape index (κ2) is 8.33. The number of carbonyl (C=O) groups excluding carboxylic acids is 2. The van der Waals surface area contributed by atoms with Crippen LogP contribution in [0.5, 0.6) is 0 Å². The van der Waals surface area contributed by atoms with Crippen LogP contribution >= 0.6 is 0 Å². The molecule has 26 heavy (non-hydrogen) atoms. The van der Waals surface area contributed by atoms with Crippen molar-refractivity contribution < 1.29 is 23.6 Å². The minimum absolute atomic E-state index is 0.0627. The molecule has 0 N–H and O–H groups in total. The predicted octanol–water partition coefficient (Wildman–Crippen LogP) is 3.20. The van der Waals surface area contributed by atoms with Crippen LogP contribution in [0.1, 0.15) is 28.8 Å². The van der Waals surface area contributed by atoms with Crippen molar-refractivity contribution in [3.63, 3.8) is 0 Å². The number of halogens is 1. The lowest BCUT2D eigenvalue weighted by atomic mass is 9.78. The number of nitro groups is 1. The van der Waals surface area contributed by atoms with Crippen molar-refractivity contribution in [2.24, 2.45) is 0 Å². The first-order valence-corrected chi connectivity index (χ1v) is 8.04. The highest BCUT2D eigenvalue weighted by atomic mass is 19.1. The average Bonchev–Trinajstić information content (AvgIpc) is 2.66. The van der Waals surface area contributed by atoms with Crippen molar-refractivity contribution in [1.29, 1.82) is 0 Å². The molecule has 2 aromatic rings. The molecule has 2 aromatic carbocycles. The second-order valence-electron chi connectivity index (χ2n) is 5.61. The van der Waals surface area contributed by atoms with Gasteiger partial charge in [0, 0.05) is 10.5 Å². The highest BCUT2D eigenvalue weighted by Gasteiger charge is 2.57. The molecule has 0 aliphatic heterocycles. The molecule has 0 fully saturated rings. The molecule has 7 heteroatoms. The number of carbonyl (C=O) groups is 2. The van der Waals surface area contributed by atoms with E-state index in [1.165, 1.54) is 43.3 Å². The van der Waals surface area contributed by atoms with Gasteiger partial charge in [-0.05, 0) is 12.5 Å². The first-order chi connectivity index (χ1) is 12.4. The standard InChI is InChI=1S/C19H18FNO5/c1-2-26-18(23)19(20,17(22)15-11-7-4-8-12-15)16(13-21(24)25)14-9-5-3-6-10-14/h3-12,16H,2,13H2,1H3/t16-,19+/m0/s1. The van der Waals surface area contributed by atoms with E-state index in [1.54, 1.807) is 24.3 Å². The lowest BCUT2D eigenvalue weighted by molar-refractivity contribution is -0.485. The molecule has 2 rings (SSSR count). The van der Waals surface area contributed by atoms with Gasteiger partial charge in [0.2, 0.25) is 12.3 Å². The molecule has 0 aromatic heterocycles. The Labute approximate surface area is 149 Å². The molecule has 0 amide bonds. The highest BCUT2D eigenvalue weighted by molar-refractivity contribution is 6.16. The van der Waals surface area contributed by atoms with Crippen LogP contribution in [-0.4, -0.2) is 35.5 Å². The Morgan fingerprint density at radius 1 is 1.12 bits per heavy atom. The van der Waals surface area contributed by atoms with Gasteiger partial charge in [0.05, 0.1) is 6.61 Å². The first-order valence-electron chi connectivity index (χ1n) is 8.04. The van der Waals surface area contributed by atoms with E-state index in [-0.39, 0.29) is 17.7 Å². The maximum atomic E-state index is 16.0. The SMILES string of the molecule is CCOC(=O)[C@](F)(C(=O)c1ccccc1)[C@@H](C[N+](=O)[O-])c1ccccc1. The lowest BCUT2D eigenvalue weighted by Crippen LogP contribution is -2.50. The topological polar surface area (TPSA) is 86.5 Å². The van der Waals surface area contributed by atoms with E-state index in [1.807, 2.05) is 0 Å². The normalized spacial score (nSPS) is 14.1. The van der Waals surface area contributed by atoms with E-state index in [4.69, 9.17) is 4.74 Å². The highest BCUT2D eigenvalue weighted by Crippen LogP contribution is 2.36. The molecule has 0 spiro atoms. The fourth-order valence-corrected chi connectivity index (χ4v) is 2.72. The van der Waals surface area contributed by atoms with Crippen LogP contribution in [0.3, 0.4) is 0 Å². The monoisotopic (exact) mass is 359 g/mol. The van der Waals surface area contributed by atoms with Crippen molar-refractivity contribution in [3.05, 3.63) is 81.9 Å². The van der Waals surface area contributed by atoms with Gasteiger partial charge < -0.3 is 4.74 Å². The number of nitrogens with zero attached hydrogens (tertiary/aromatic N) is 1. The van der Waals surface area contributed by atoms with Crippen LogP contribution in [0.15, 0.2) is 60.7 Å². The maximum absolute atomic E-state index is 16.0. The fourth-order valence-electron chi connectivity index (χ4n) is 2.72. The van der Waals surface area contributed by atoms with E-state index in [2.05, 4.69) is 0 Å². The van der Waals surface area contributed by atoms with E-state index in [0.717, 1.165) is 0 Å². The summed E-state index contributed by atoms with van der Waals surface area (Å²) in [5.74, 6) is -4.21. The number of rotatable bonds is 8. The number of Topliss-reactive ketones (excluding diaryl/α,β-unsaturated/α-hetero) is 1. The molecular formula is C19H18FNO5. The first kappa shape index (κ1) is 19.2. The van der Waals surface area contributed by atoms with Gasteiger partial charge in [0.25, 0.3) is 5.67 Å². The van der Waals surface area contributed by atoms with Gasteiger partial charge in [-0.1, -0.05) is 60.7 Å². The molecule has 0 bridgehead atoms. The quantitative estimate of drug-likeness (QED) is 0.237. The minimum Gasteiger partial charge on any atom is -0.463 e. The van der Waals surface area contributed by atoms with Gasteiger partial charge in [0.15, 0.2) is 0 Å². The van der Waals surface area contributed by atoms with Crippen molar-refractivity contribution in [2.45, 2.75) is 18.5 Å². The van der Waals surface area contributed by atoms with E-state index < -0.39 is 34.8 Å². The fraction of sp³-hybridized carbons (Fsp3) is 0.263. The average molecular weight is 359 g/mol. The molecule has 0 saturated carbocycles. The number of benzene rings is 2. The summed E-state index contributed by atoms with van der Waals surface area (Å²) in [5.41, 5.74) is -3.11. The van der Waals surface area contributed by atoms with Gasteiger partial charge >= 0.3 is 5.97 Å². The Morgan fingerprint density at radius 2 is 1.65 bits per heavy atom. The summed E-state index contributed by atoms with van der Waals surface area (Å²) >= 11 is 0. The summed E-state index contributed by atoms with van der Waals surface area (Å²) < 4.78 is 20.8. The van der Waals surface area contributed by atoms with E-state index in [0.29, 0.717) is 0 Å². The maximum Gasteiger partial charge on any atom is 0.353 e. The lowest BCUT2D eigenvalue weighted by Gasteiger charge is -2.28. The van der Waals surface area contributed by atoms with Crippen LogP contribution in [-0.2, 0) is 9.53 Å². The molecule has 0 heterocycles. The Bertz CT molecular complexity index is 781. The molecule has 0 aliphatic rings. The van der Waals surface area contributed by atoms with Crippen LogP contribution in [0.4, 0.5) is 4.39 Å². The third-order valence-corrected chi connectivity index (χ3v) is 3.95. The van der Waals surface area contributed by atoms with Crippen LogP contribution in [0.2, 0.25) is 0 Å². The van der Waals surface area contributed by atoms with Crippen LogP contribution in [0.25, 0.3) is 0 Å². The smallest absolute Gasteiger partial charge is 0.353 e. The van der Waals surface area contributed by atoms with Gasteiger partial charge in [0.1, 0.15) is 5.92 Å². The van der Waals surface area contributed by atoms with E-state index >= 15 is 4.39 Å². The molecule has 6 nitrogen and oxygen atoms in total. The van der Waals surface area contributed by atoms with Crippen molar-refractivity contribution in [2.75, 3.05) is 13.2 Å². The zero-order chi connectivity index (χ0) is 19.2. The van der Waals surface area contributed by atoms with Gasteiger partial charge in [-0.25, -0.2) is 9.18 Å². The number of hydrogen-bond donors (Lipinski definition) is 0. The van der Waals surface area contributed by atoms with E-state index in [9.17, 15) is 19.7 Å². The molecule has 2 atom stereocenters. The van der Waals surface area contributed by atoms with Crippen LogP contribution in [0, 0.1) is 10.1 Å². The van der Waals surface area contributed by atoms with Crippen molar-refractivity contribution in [3.8, 4) is 0 Å². The van der Waals surface area contributed by atoms with Crippen molar-refractivity contribution >= 4 is 11.8 Å². The summed E-state index contributed by atoms with van der Waals surface area (Å²) in [5, 5.41) is 11.1. The zero-order valence-electron chi connectivity index (χ0n) is 14.1. The molecule has 0 radical (unpaired) electrons. The third kappa shape index (κ3) is 3.93. The second-order valence-corrected chi connectivity index (χ2v) is 5.61. The Kier molecular flexibility index (Phi) is 6.16. The molecule has 0 unspecified atom stereocenters. The van der Waals surface area contributed by atoms with Gasteiger partial charge in [-0.3, -0.25) is 14.9 Å². The Morgan fingerprint density at radius 3 is 2.15 bits per heavy atom. The number of hydrogen-bond acceptors (Lipinski definition) is 5. The third-order valence-electron chi connectivity index (χ3n) is 3.95. The molecule has 0 aliphatic carbocycles. The molecular weight excluding hydrogens is 341 g/mol. The number of ketones is 1. The summed E-state index contributed by atoms with van der Waals surface area (Å²) in [6.45, 7) is 0.376. The summed E-state index contributed by atoms with van der Waals surface area (Å²) in [6.07, 6.45) is 0. The summed E-state index contributed by atoms with van der Waals surface area (Å²) in [7, 11) is 0. The summed E-state index contributed by atoms with van der Waals surface area (Å²) in [4.78, 5) is 35.7. The largest absolute Gasteiger partial charge is 0.463 e. The number of esters is 1. The predicted molar refractivity (Wildman–Crippen MR) is 92.3 cm³/mol. The zero-order valence-corrected chi connectivity index (χ0v) is 14.1. The Hall–Kier alpha value is -3.09. The van der Waals surface area contributed by atoms with Crippen LogP contribution < -0.4 is 0 Å². The van der Waals surface area contributed by atoms with Crippen molar-refractivity contribution in [1.82, 2.24) is 0 Å². The van der Waals surface area contributed by atoms with Gasteiger partial charge in [-0.15, -0.1) is 0 Å².